The average Bonchev–Trinajstić information content (AvgIpc) is 2.68. The lowest BCUT2D eigenvalue weighted by Crippen LogP contribution is -2.45. The van der Waals surface area contributed by atoms with Crippen LogP contribution in [-0.4, -0.2) is 58.2 Å². The third-order valence-electron chi connectivity index (χ3n) is 4.35. The third kappa shape index (κ3) is 8.02. The van der Waals surface area contributed by atoms with Crippen LogP contribution in [0.1, 0.15) is 44.9 Å². The van der Waals surface area contributed by atoms with Crippen LogP contribution in [0.4, 0.5) is 0 Å². The molecule has 8 heteroatoms. The molecule has 6 nitrogen and oxygen atoms in total. The van der Waals surface area contributed by atoms with Gasteiger partial charge in [0.15, 0.2) is 15.8 Å². The standard InChI is InChI=1S/C15H29N3O3S.HI/c1-16-15(18-13-8-11-22(19,20)12-13)17-9-10-21-14-6-4-2-3-5-7-14;/h13-14H,2-12H2,1H3,(H2,16,17,18);1H. The van der Waals surface area contributed by atoms with E-state index in [1.54, 1.807) is 7.05 Å². The van der Waals surface area contributed by atoms with Gasteiger partial charge < -0.3 is 15.4 Å². The quantitative estimate of drug-likeness (QED) is 0.215. The summed E-state index contributed by atoms with van der Waals surface area (Å²) in [6.45, 7) is 1.35. The molecule has 0 aromatic carbocycles. The fraction of sp³-hybridized carbons (Fsp3) is 0.933. The van der Waals surface area contributed by atoms with Gasteiger partial charge in [0.2, 0.25) is 0 Å². The Kier molecular flexibility index (Phi) is 9.76. The topological polar surface area (TPSA) is 79.8 Å². The number of guanidine groups is 1. The largest absolute Gasteiger partial charge is 0.376 e. The van der Waals surface area contributed by atoms with Gasteiger partial charge in [-0.25, -0.2) is 8.42 Å². The summed E-state index contributed by atoms with van der Waals surface area (Å²) in [6, 6.07) is -0.0287. The van der Waals surface area contributed by atoms with E-state index in [2.05, 4.69) is 15.6 Å². The van der Waals surface area contributed by atoms with Gasteiger partial charge in [-0.1, -0.05) is 25.7 Å². The summed E-state index contributed by atoms with van der Waals surface area (Å²) in [4.78, 5) is 4.14. The molecule has 1 aliphatic heterocycles. The maximum atomic E-state index is 11.5. The van der Waals surface area contributed by atoms with Crippen LogP contribution < -0.4 is 10.6 Å². The number of sulfone groups is 1. The van der Waals surface area contributed by atoms with Crippen molar-refractivity contribution in [2.24, 2.45) is 4.99 Å². The molecular formula is C15H30IN3O3S. The molecule has 0 aromatic rings. The van der Waals surface area contributed by atoms with E-state index >= 15 is 0 Å². The van der Waals surface area contributed by atoms with Crippen molar-refractivity contribution in [3.05, 3.63) is 0 Å². The second-order valence-electron chi connectivity index (χ2n) is 6.23. The van der Waals surface area contributed by atoms with E-state index in [1.165, 1.54) is 38.5 Å². The fourth-order valence-corrected chi connectivity index (χ4v) is 4.77. The summed E-state index contributed by atoms with van der Waals surface area (Å²) in [5.41, 5.74) is 0. The van der Waals surface area contributed by atoms with E-state index in [0.29, 0.717) is 31.6 Å². The first-order chi connectivity index (χ1) is 10.6. The molecule has 0 amide bonds. The van der Waals surface area contributed by atoms with Crippen LogP contribution in [0.15, 0.2) is 4.99 Å². The molecule has 23 heavy (non-hydrogen) atoms. The first kappa shape index (κ1) is 21.0. The molecule has 2 rings (SSSR count). The lowest BCUT2D eigenvalue weighted by molar-refractivity contribution is 0.0468. The van der Waals surface area contributed by atoms with Crippen molar-refractivity contribution in [1.82, 2.24) is 10.6 Å². The molecule has 2 N–H and O–H groups in total. The molecule has 1 saturated carbocycles. The molecule has 1 unspecified atom stereocenters. The summed E-state index contributed by atoms with van der Waals surface area (Å²) in [6.07, 6.45) is 8.62. The Balaban J connectivity index is 0.00000264. The predicted octanol–water partition coefficient (Wildman–Crippen LogP) is 1.70. The highest BCUT2D eigenvalue weighted by atomic mass is 127. The van der Waals surface area contributed by atoms with Crippen molar-refractivity contribution in [3.63, 3.8) is 0 Å². The minimum Gasteiger partial charge on any atom is -0.376 e. The normalized spacial score (nSPS) is 25.4. The van der Waals surface area contributed by atoms with E-state index in [9.17, 15) is 8.42 Å². The SMILES string of the molecule is CN=C(NCCOC1CCCCCC1)NC1CCS(=O)(=O)C1.I. The Hall–Kier alpha value is -0.0900. The van der Waals surface area contributed by atoms with Crippen molar-refractivity contribution in [3.8, 4) is 0 Å². The molecule has 1 heterocycles. The zero-order valence-electron chi connectivity index (χ0n) is 13.9. The van der Waals surface area contributed by atoms with Crippen LogP contribution in [0.2, 0.25) is 0 Å². The highest BCUT2D eigenvalue weighted by Crippen LogP contribution is 2.19. The number of rotatable bonds is 5. The van der Waals surface area contributed by atoms with Gasteiger partial charge in [-0.15, -0.1) is 24.0 Å². The molecule has 1 atom stereocenters. The van der Waals surface area contributed by atoms with Gasteiger partial charge >= 0.3 is 0 Å². The van der Waals surface area contributed by atoms with Gasteiger partial charge in [-0.05, 0) is 19.3 Å². The summed E-state index contributed by atoms with van der Waals surface area (Å²) >= 11 is 0. The van der Waals surface area contributed by atoms with Crippen LogP contribution in [0, 0.1) is 0 Å². The van der Waals surface area contributed by atoms with Gasteiger partial charge in [-0.3, -0.25) is 4.99 Å². The third-order valence-corrected chi connectivity index (χ3v) is 6.12. The van der Waals surface area contributed by atoms with Gasteiger partial charge in [0, 0.05) is 19.6 Å². The van der Waals surface area contributed by atoms with Crippen LogP contribution in [0.25, 0.3) is 0 Å². The number of hydrogen-bond donors (Lipinski definition) is 2. The molecule has 136 valence electrons. The second-order valence-corrected chi connectivity index (χ2v) is 8.46. The highest BCUT2D eigenvalue weighted by molar-refractivity contribution is 14.0. The molecule has 0 spiro atoms. The number of halogens is 1. The van der Waals surface area contributed by atoms with Crippen LogP contribution in [0.3, 0.4) is 0 Å². The van der Waals surface area contributed by atoms with Crippen LogP contribution in [-0.2, 0) is 14.6 Å². The van der Waals surface area contributed by atoms with Crippen molar-refractivity contribution >= 4 is 39.8 Å². The van der Waals surface area contributed by atoms with E-state index < -0.39 is 9.84 Å². The predicted molar refractivity (Wildman–Crippen MR) is 104 cm³/mol. The highest BCUT2D eigenvalue weighted by Gasteiger charge is 2.28. The van der Waals surface area contributed by atoms with E-state index in [1.807, 2.05) is 0 Å². The lowest BCUT2D eigenvalue weighted by Gasteiger charge is -2.18. The Bertz CT molecular complexity index is 463. The lowest BCUT2D eigenvalue weighted by atomic mass is 10.1. The molecular weight excluding hydrogens is 429 g/mol. The zero-order chi connectivity index (χ0) is 15.8. The molecule has 0 radical (unpaired) electrons. The van der Waals surface area contributed by atoms with E-state index in [0.717, 1.165) is 0 Å². The van der Waals surface area contributed by atoms with Gasteiger partial charge in [0.05, 0.1) is 24.2 Å². The second kappa shape index (κ2) is 10.7. The van der Waals surface area contributed by atoms with E-state index in [4.69, 9.17) is 4.74 Å². The number of hydrogen-bond acceptors (Lipinski definition) is 4. The first-order valence-corrected chi connectivity index (χ1v) is 10.2. The molecule has 1 saturated heterocycles. The van der Waals surface area contributed by atoms with Gasteiger partial charge in [0.25, 0.3) is 0 Å². The van der Waals surface area contributed by atoms with Gasteiger partial charge in [-0.2, -0.15) is 0 Å². The summed E-state index contributed by atoms with van der Waals surface area (Å²) in [5, 5.41) is 6.37. The summed E-state index contributed by atoms with van der Waals surface area (Å²) < 4.78 is 28.8. The molecule has 0 bridgehead atoms. The number of nitrogens with one attached hydrogen (secondary N) is 2. The smallest absolute Gasteiger partial charge is 0.191 e. The maximum absolute atomic E-state index is 11.5. The number of nitrogens with zero attached hydrogens (tertiary/aromatic N) is 1. The number of aliphatic imine (C=N–C) groups is 1. The molecule has 2 aliphatic rings. The van der Waals surface area contributed by atoms with Crippen LogP contribution in [0.5, 0.6) is 0 Å². The average molecular weight is 459 g/mol. The van der Waals surface area contributed by atoms with Crippen molar-refractivity contribution in [2.75, 3.05) is 31.7 Å². The minimum atomic E-state index is -2.86. The molecule has 1 aliphatic carbocycles. The molecule has 2 fully saturated rings. The Morgan fingerprint density at radius 2 is 1.87 bits per heavy atom. The zero-order valence-corrected chi connectivity index (χ0v) is 17.1. The Labute approximate surface area is 157 Å². The van der Waals surface area contributed by atoms with Crippen molar-refractivity contribution in [2.45, 2.75) is 57.1 Å². The monoisotopic (exact) mass is 459 g/mol. The Morgan fingerprint density at radius 3 is 2.43 bits per heavy atom. The van der Waals surface area contributed by atoms with Gasteiger partial charge in [0.1, 0.15) is 0 Å². The van der Waals surface area contributed by atoms with Crippen LogP contribution >= 0.6 is 24.0 Å². The first-order valence-electron chi connectivity index (χ1n) is 8.38. The minimum absolute atomic E-state index is 0. The fourth-order valence-electron chi connectivity index (χ4n) is 3.10. The van der Waals surface area contributed by atoms with Crippen molar-refractivity contribution in [1.29, 1.82) is 0 Å². The Morgan fingerprint density at radius 1 is 1.17 bits per heavy atom. The molecule has 0 aromatic heterocycles. The van der Waals surface area contributed by atoms with E-state index in [-0.39, 0.29) is 41.5 Å². The summed E-state index contributed by atoms with van der Waals surface area (Å²) in [7, 11) is -1.16. The summed E-state index contributed by atoms with van der Waals surface area (Å²) in [5.74, 6) is 1.13. The maximum Gasteiger partial charge on any atom is 0.191 e. The number of ether oxygens (including phenoxy) is 1. The van der Waals surface area contributed by atoms with Crippen molar-refractivity contribution < 1.29 is 13.2 Å².